The summed E-state index contributed by atoms with van der Waals surface area (Å²) in [7, 11) is 1.75. The Balaban J connectivity index is 2.26. The third-order valence-corrected chi connectivity index (χ3v) is 3.18. The van der Waals surface area contributed by atoms with E-state index >= 15 is 0 Å². The Labute approximate surface area is 89.7 Å². The van der Waals surface area contributed by atoms with E-state index in [0.29, 0.717) is 6.61 Å². The van der Waals surface area contributed by atoms with Crippen molar-refractivity contribution in [2.75, 3.05) is 7.11 Å². The van der Waals surface area contributed by atoms with E-state index in [-0.39, 0.29) is 0 Å². The van der Waals surface area contributed by atoms with Crippen LogP contribution in [0.5, 0.6) is 0 Å². The number of methoxy groups -OCH3 is 1. The average Bonchev–Trinajstić information content (AvgIpc) is 2.64. The van der Waals surface area contributed by atoms with Crippen LogP contribution in [0.25, 0.3) is 10.8 Å². The van der Waals surface area contributed by atoms with Crippen molar-refractivity contribution in [3.05, 3.63) is 47.0 Å². The molecule has 1 heteroatoms. The lowest BCUT2D eigenvalue weighted by Gasteiger charge is -2.05. The van der Waals surface area contributed by atoms with Crippen molar-refractivity contribution in [1.82, 2.24) is 0 Å². The van der Waals surface area contributed by atoms with Gasteiger partial charge in [0.15, 0.2) is 0 Å². The molecule has 0 saturated carbocycles. The predicted octanol–water partition coefficient (Wildman–Crippen LogP) is 3.08. The molecular formula is C14H14O. The highest BCUT2D eigenvalue weighted by molar-refractivity contribution is 5.91. The fourth-order valence-corrected chi connectivity index (χ4v) is 2.59. The molecule has 0 N–H and O–H groups in total. The molecule has 0 amide bonds. The van der Waals surface area contributed by atoms with Gasteiger partial charge < -0.3 is 4.74 Å². The minimum Gasteiger partial charge on any atom is -0.380 e. The van der Waals surface area contributed by atoms with Crippen molar-refractivity contribution in [3.63, 3.8) is 0 Å². The molecule has 0 saturated heterocycles. The summed E-state index contributed by atoms with van der Waals surface area (Å²) in [5, 5.41) is 2.85. The first-order valence-electron chi connectivity index (χ1n) is 5.41. The minimum absolute atomic E-state index is 0.715. The maximum atomic E-state index is 5.19. The van der Waals surface area contributed by atoms with Gasteiger partial charge in [-0.3, -0.25) is 0 Å². The van der Waals surface area contributed by atoms with Crippen LogP contribution in [0.3, 0.4) is 0 Å². The summed E-state index contributed by atoms with van der Waals surface area (Å²) in [5.41, 5.74) is 4.29. The Hall–Kier alpha value is -1.34. The number of aryl methyl sites for hydroxylation is 2. The monoisotopic (exact) mass is 198 g/mol. The van der Waals surface area contributed by atoms with Gasteiger partial charge in [0.2, 0.25) is 0 Å². The van der Waals surface area contributed by atoms with Crippen molar-refractivity contribution in [2.24, 2.45) is 0 Å². The largest absolute Gasteiger partial charge is 0.380 e. The lowest BCUT2D eigenvalue weighted by Crippen LogP contribution is -1.89. The molecule has 1 aliphatic rings. The Kier molecular flexibility index (Phi) is 2.00. The zero-order chi connectivity index (χ0) is 10.3. The van der Waals surface area contributed by atoms with Crippen LogP contribution in [-0.2, 0) is 24.2 Å². The summed E-state index contributed by atoms with van der Waals surface area (Å²) in [6, 6.07) is 11.1. The highest BCUT2D eigenvalue weighted by Crippen LogP contribution is 2.31. The molecule has 76 valence electrons. The Morgan fingerprint density at radius 3 is 2.87 bits per heavy atom. The molecule has 2 aromatic rings. The van der Waals surface area contributed by atoms with Gasteiger partial charge >= 0.3 is 0 Å². The van der Waals surface area contributed by atoms with Gasteiger partial charge in [0, 0.05) is 7.11 Å². The lowest BCUT2D eigenvalue weighted by molar-refractivity contribution is 0.185. The average molecular weight is 198 g/mol. The molecule has 0 atom stereocenters. The molecule has 2 aromatic carbocycles. The Morgan fingerprint density at radius 2 is 2.00 bits per heavy atom. The third-order valence-electron chi connectivity index (χ3n) is 3.18. The maximum absolute atomic E-state index is 5.19. The van der Waals surface area contributed by atoms with Gasteiger partial charge in [0.1, 0.15) is 0 Å². The predicted molar refractivity (Wildman–Crippen MR) is 62.1 cm³/mol. The Bertz CT molecular complexity index is 514. The van der Waals surface area contributed by atoms with Crippen LogP contribution in [0.2, 0.25) is 0 Å². The second kappa shape index (κ2) is 3.35. The Morgan fingerprint density at radius 1 is 1.13 bits per heavy atom. The molecule has 0 radical (unpaired) electrons. The van der Waals surface area contributed by atoms with E-state index in [0.717, 1.165) is 0 Å². The fourth-order valence-electron chi connectivity index (χ4n) is 2.59. The van der Waals surface area contributed by atoms with Gasteiger partial charge in [-0.2, -0.15) is 0 Å². The smallest absolute Gasteiger partial charge is 0.0713 e. The van der Waals surface area contributed by atoms with Crippen molar-refractivity contribution in [2.45, 2.75) is 19.4 Å². The van der Waals surface area contributed by atoms with E-state index in [9.17, 15) is 0 Å². The first-order valence-corrected chi connectivity index (χ1v) is 5.41. The fraction of sp³-hybridized carbons (Fsp3) is 0.286. The van der Waals surface area contributed by atoms with E-state index < -0.39 is 0 Å². The molecule has 15 heavy (non-hydrogen) atoms. The van der Waals surface area contributed by atoms with Crippen LogP contribution in [0.4, 0.5) is 0 Å². The zero-order valence-electron chi connectivity index (χ0n) is 8.92. The molecule has 0 aliphatic heterocycles. The second-order valence-electron chi connectivity index (χ2n) is 4.20. The molecule has 1 nitrogen and oxygen atoms in total. The SMILES string of the molecule is COCc1cc2c3c(cccc3c1)CC2. The minimum atomic E-state index is 0.715. The molecule has 0 spiro atoms. The topological polar surface area (TPSA) is 9.23 Å². The normalized spacial score (nSPS) is 13.7. The number of hydrogen-bond donors (Lipinski definition) is 0. The van der Waals surface area contributed by atoms with Crippen LogP contribution in [0.1, 0.15) is 16.7 Å². The van der Waals surface area contributed by atoms with Crippen LogP contribution < -0.4 is 0 Å². The molecule has 1 aliphatic carbocycles. The van der Waals surface area contributed by atoms with E-state index in [1.54, 1.807) is 7.11 Å². The van der Waals surface area contributed by atoms with Crippen LogP contribution in [0, 0.1) is 0 Å². The number of ether oxygens (including phenoxy) is 1. The highest BCUT2D eigenvalue weighted by atomic mass is 16.5. The summed E-state index contributed by atoms with van der Waals surface area (Å²) < 4.78 is 5.19. The van der Waals surface area contributed by atoms with Gasteiger partial charge in [0.25, 0.3) is 0 Å². The standard InChI is InChI=1S/C14H14O/c1-15-9-10-7-12-4-2-3-11-5-6-13(8-10)14(11)12/h2-4,7-8H,5-6,9H2,1H3. The van der Waals surface area contributed by atoms with Gasteiger partial charge in [-0.05, 0) is 46.4 Å². The van der Waals surface area contributed by atoms with E-state index in [1.807, 2.05) is 0 Å². The van der Waals surface area contributed by atoms with E-state index in [2.05, 4.69) is 30.3 Å². The van der Waals surface area contributed by atoms with E-state index in [4.69, 9.17) is 4.74 Å². The summed E-state index contributed by atoms with van der Waals surface area (Å²) >= 11 is 0. The molecule has 0 fully saturated rings. The van der Waals surface area contributed by atoms with Gasteiger partial charge in [-0.1, -0.05) is 24.3 Å². The first-order chi connectivity index (χ1) is 7.38. The second-order valence-corrected chi connectivity index (χ2v) is 4.20. The zero-order valence-corrected chi connectivity index (χ0v) is 8.92. The van der Waals surface area contributed by atoms with Gasteiger partial charge in [-0.15, -0.1) is 0 Å². The quantitative estimate of drug-likeness (QED) is 0.720. The molecule has 3 rings (SSSR count). The van der Waals surface area contributed by atoms with Crippen LogP contribution in [-0.4, -0.2) is 7.11 Å². The molecule has 0 heterocycles. The van der Waals surface area contributed by atoms with Crippen molar-refractivity contribution in [3.8, 4) is 0 Å². The van der Waals surface area contributed by atoms with Crippen LogP contribution >= 0.6 is 0 Å². The summed E-state index contributed by atoms with van der Waals surface area (Å²) in [4.78, 5) is 0. The molecule has 0 aromatic heterocycles. The van der Waals surface area contributed by atoms with Crippen LogP contribution in [0.15, 0.2) is 30.3 Å². The number of benzene rings is 2. The molecule has 0 bridgehead atoms. The van der Waals surface area contributed by atoms with Gasteiger partial charge in [-0.25, -0.2) is 0 Å². The summed E-state index contributed by atoms with van der Waals surface area (Å²) in [6.45, 7) is 0.715. The summed E-state index contributed by atoms with van der Waals surface area (Å²) in [6.07, 6.45) is 2.39. The van der Waals surface area contributed by atoms with Crippen molar-refractivity contribution >= 4 is 10.8 Å². The van der Waals surface area contributed by atoms with Gasteiger partial charge in [0.05, 0.1) is 6.61 Å². The third kappa shape index (κ3) is 1.35. The molecule has 0 unspecified atom stereocenters. The van der Waals surface area contributed by atoms with Crippen molar-refractivity contribution < 1.29 is 4.74 Å². The lowest BCUT2D eigenvalue weighted by atomic mass is 10.0. The number of rotatable bonds is 2. The van der Waals surface area contributed by atoms with E-state index in [1.165, 1.54) is 40.3 Å². The first kappa shape index (κ1) is 8.93. The summed E-state index contributed by atoms with van der Waals surface area (Å²) in [5.74, 6) is 0. The highest BCUT2D eigenvalue weighted by Gasteiger charge is 2.14. The maximum Gasteiger partial charge on any atom is 0.0713 e. The molecular weight excluding hydrogens is 184 g/mol. The van der Waals surface area contributed by atoms with Crippen molar-refractivity contribution in [1.29, 1.82) is 0 Å². The number of hydrogen-bond acceptors (Lipinski definition) is 1.